The van der Waals surface area contributed by atoms with E-state index in [1.54, 1.807) is 12.1 Å². The van der Waals surface area contributed by atoms with E-state index in [2.05, 4.69) is 15.0 Å². The highest BCUT2D eigenvalue weighted by atomic mass is 32.2. The average Bonchev–Trinajstić information content (AvgIpc) is 2.81. The fraction of sp³-hybridized carbons (Fsp3) is 0.286. The Morgan fingerprint density at radius 1 is 1.03 bits per heavy atom. The van der Waals surface area contributed by atoms with Gasteiger partial charge in [-0.05, 0) is 31.0 Å². The van der Waals surface area contributed by atoms with Crippen molar-refractivity contribution in [3.05, 3.63) is 54.1 Å². The van der Waals surface area contributed by atoms with Gasteiger partial charge >= 0.3 is 0 Å². The highest BCUT2D eigenvalue weighted by Gasteiger charge is 2.31. The molecule has 0 unspecified atom stereocenters. The third-order valence-corrected chi connectivity index (χ3v) is 7.13. The number of sulfonamides is 1. The fourth-order valence-electron chi connectivity index (χ4n) is 3.64. The molecule has 8 nitrogen and oxygen atoms in total. The Kier molecular flexibility index (Phi) is 6.36. The van der Waals surface area contributed by atoms with E-state index in [9.17, 15) is 21.6 Å². The summed E-state index contributed by atoms with van der Waals surface area (Å²) in [6.45, 7) is 0. The molecule has 2 aromatic heterocycles. The Balaban J connectivity index is 1.65. The number of nitrogen functional groups attached to an aromatic ring is 1. The SMILES string of the molecule is Nc1nccc(-c2cccnc2Oc2cc(F)c(NS(=O)(=O)C3CCCCC3)c(F)c2F)n1. The summed E-state index contributed by atoms with van der Waals surface area (Å²) in [5.41, 5.74) is 5.06. The van der Waals surface area contributed by atoms with Crippen LogP contribution in [0.1, 0.15) is 32.1 Å². The number of nitrogens with two attached hydrogens (primary N) is 1. The van der Waals surface area contributed by atoms with Crippen LogP contribution in [0.5, 0.6) is 11.6 Å². The number of hydrogen-bond donors (Lipinski definition) is 2. The monoisotopic (exact) mass is 479 g/mol. The average molecular weight is 479 g/mol. The first-order valence-electron chi connectivity index (χ1n) is 10.2. The highest BCUT2D eigenvalue weighted by Crippen LogP contribution is 2.36. The predicted octanol–water partition coefficient (Wildman–Crippen LogP) is 4.40. The number of pyridine rings is 1. The van der Waals surface area contributed by atoms with Crippen LogP contribution in [0, 0.1) is 17.5 Å². The summed E-state index contributed by atoms with van der Waals surface area (Å²) >= 11 is 0. The zero-order valence-electron chi connectivity index (χ0n) is 17.3. The van der Waals surface area contributed by atoms with Crippen LogP contribution < -0.4 is 15.2 Å². The van der Waals surface area contributed by atoms with Crippen molar-refractivity contribution in [1.82, 2.24) is 15.0 Å². The van der Waals surface area contributed by atoms with Crippen molar-refractivity contribution >= 4 is 21.7 Å². The van der Waals surface area contributed by atoms with Crippen molar-refractivity contribution in [2.75, 3.05) is 10.5 Å². The highest BCUT2D eigenvalue weighted by molar-refractivity contribution is 7.93. The summed E-state index contributed by atoms with van der Waals surface area (Å²) in [6.07, 6.45) is 5.76. The molecule has 0 saturated heterocycles. The molecule has 0 atom stereocenters. The molecule has 2 heterocycles. The summed E-state index contributed by atoms with van der Waals surface area (Å²) in [7, 11) is -4.09. The minimum atomic E-state index is -4.09. The zero-order chi connectivity index (χ0) is 23.6. The second-order valence-corrected chi connectivity index (χ2v) is 9.49. The molecule has 0 amide bonds. The molecule has 3 N–H and O–H groups in total. The van der Waals surface area contributed by atoms with Crippen molar-refractivity contribution in [3.8, 4) is 22.9 Å². The molecule has 174 valence electrons. The Bertz CT molecular complexity index is 1280. The summed E-state index contributed by atoms with van der Waals surface area (Å²) in [6, 6.07) is 5.16. The Hall–Kier alpha value is -3.41. The van der Waals surface area contributed by atoms with Gasteiger partial charge in [0.05, 0.1) is 16.5 Å². The lowest BCUT2D eigenvalue weighted by atomic mass is 10.0. The number of halogens is 3. The van der Waals surface area contributed by atoms with Gasteiger partial charge in [0.15, 0.2) is 17.4 Å². The number of ether oxygens (including phenoxy) is 1. The maximum absolute atomic E-state index is 14.8. The quantitative estimate of drug-likeness (QED) is 0.503. The molecule has 1 saturated carbocycles. The molecule has 0 spiro atoms. The summed E-state index contributed by atoms with van der Waals surface area (Å²) < 4.78 is 76.5. The van der Waals surface area contributed by atoms with E-state index >= 15 is 0 Å². The van der Waals surface area contributed by atoms with E-state index in [0.29, 0.717) is 37.4 Å². The van der Waals surface area contributed by atoms with Gasteiger partial charge in [0, 0.05) is 18.5 Å². The Morgan fingerprint density at radius 3 is 2.52 bits per heavy atom. The van der Waals surface area contributed by atoms with Crippen molar-refractivity contribution < 1.29 is 26.3 Å². The second-order valence-electron chi connectivity index (χ2n) is 7.52. The van der Waals surface area contributed by atoms with Crippen molar-refractivity contribution in [2.45, 2.75) is 37.4 Å². The first-order chi connectivity index (χ1) is 15.8. The number of aromatic nitrogens is 3. The molecule has 12 heteroatoms. The maximum Gasteiger partial charge on any atom is 0.235 e. The molecule has 0 bridgehead atoms. The molecule has 0 aliphatic heterocycles. The molecule has 1 aromatic carbocycles. The largest absolute Gasteiger partial charge is 0.435 e. The third-order valence-electron chi connectivity index (χ3n) is 5.29. The molecule has 1 aliphatic carbocycles. The van der Waals surface area contributed by atoms with E-state index < -0.39 is 44.2 Å². The zero-order valence-corrected chi connectivity index (χ0v) is 18.1. The maximum atomic E-state index is 14.8. The molecular formula is C21H20F3N5O3S. The van der Waals surface area contributed by atoms with Crippen LogP contribution in [0.3, 0.4) is 0 Å². The van der Waals surface area contributed by atoms with Crippen LogP contribution in [0.4, 0.5) is 24.8 Å². The molecule has 4 rings (SSSR count). The van der Waals surface area contributed by atoms with E-state index in [0.717, 1.165) is 6.42 Å². The van der Waals surface area contributed by atoms with Crippen LogP contribution in [-0.2, 0) is 10.0 Å². The van der Waals surface area contributed by atoms with Crippen molar-refractivity contribution in [2.24, 2.45) is 0 Å². The smallest absolute Gasteiger partial charge is 0.235 e. The van der Waals surface area contributed by atoms with Crippen molar-refractivity contribution in [1.29, 1.82) is 0 Å². The second kappa shape index (κ2) is 9.22. The lowest BCUT2D eigenvalue weighted by Crippen LogP contribution is -2.30. The summed E-state index contributed by atoms with van der Waals surface area (Å²) in [4.78, 5) is 11.8. The molecule has 3 aromatic rings. The van der Waals surface area contributed by atoms with Crippen molar-refractivity contribution in [3.63, 3.8) is 0 Å². The van der Waals surface area contributed by atoms with Crippen LogP contribution in [0.2, 0.25) is 0 Å². The molecule has 0 radical (unpaired) electrons. The minimum absolute atomic E-state index is 0.0276. The number of nitrogens with zero attached hydrogens (tertiary/aromatic N) is 3. The predicted molar refractivity (Wildman–Crippen MR) is 115 cm³/mol. The van der Waals surface area contributed by atoms with E-state index in [1.807, 2.05) is 4.72 Å². The molecule has 1 aliphatic rings. The molecule has 33 heavy (non-hydrogen) atoms. The number of benzene rings is 1. The fourth-order valence-corrected chi connectivity index (χ4v) is 5.23. The Labute approximate surface area is 188 Å². The number of rotatable bonds is 6. The summed E-state index contributed by atoms with van der Waals surface area (Å²) in [5.74, 6) is -5.65. The van der Waals surface area contributed by atoms with Crippen LogP contribution >= 0.6 is 0 Å². The number of nitrogens with one attached hydrogen (secondary N) is 1. The van der Waals surface area contributed by atoms with Gasteiger partial charge in [0.1, 0.15) is 5.69 Å². The third kappa shape index (κ3) is 4.85. The van der Waals surface area contributed by atoms with Gasteiger partial charge in [0.2, 0.25) is 27.7 Å². The van der Waals surface area contributed by atoms with Gasteiger partial charge in [-0.25, -0.2) is 32.2 Å². The Morgan fingerprint density at radius 2 is 1.79 bits per heavy atom. The normalized spacial score (nSPS) is 14.8. The lowest BCUT2D eigenvalue weighted by molar-refractivity contribution is 0.401. The van der Waals surface area contributed by atoms with E-state index in [-0.39, 0.29) is 17.4 Å². The van der Waals surface area contributed by atoms with Gasteiger partial charge < -0.3 is 10.5 Å². The molecule has 1 fully saturated rings. The van der Waals surface area contributed by atoms with Gasteiger partial charge in [0.25, 0.3) is 0 Å². The van der Waals surface area contributed by atoms with Gasteiger partial charge in [-0.1, -0.05) is 19.3 Å². The lowest BCUT2D eigenvalue weighted by Gasteiger charge is -2.23. The number of hydrogen-bond acceptors (Lipinski definition) is 7. The topological polar surface area (TPSA) is 120 Å². The van der Waals surface area contributed by atoms with Crippen LogP contribution in [0.15, 0.2) is 36.7 Å². The van der Waals surface area contributed by atoms with Gasteiger partial charge in [-0.2, -0.15) is 4.39 Å². The van der Waals surface area contributed by atoms with E-state index in [4.69, 9.17) is 10.5 Å². The first kappa shape index (κ1) is 22.8. The minimum Gasteiger partial charge on any atom is -0.435 e. The van der Waals surface area contributed by atoms with Crippen LogP contribution in [-0.4, -0.2) is 28.6 Å². The van der Waals surface area contributed by atoms with Gasteiger partial charge in [-0.15, -0.1) is 0 Å². The number of anilines is 2. The molecular weight excluding hydrogens is 459 g/mol. The van der Waals surface area contributed by atoms with Gasteiger partial charge in [-0.3, -0.25) is 4.72 Å². The first-order valence-corrected chi connectivity index (χ1v) is 11.7. The summed E-state index contributed by atoms with van der Waals surface area (Å²) in [5, 5.41) is -0.791. The van der Waals surface area contributed by atoms with E-state index in [1.165, 1.54) is 18.5 Å². The standard InChI is InChI=1S/C21H20F3N5O3S/c22-14-11-16(32-20-13(7-4-9-26-20)15-8-10-27-21(25)28-15)17(23)18(24)19(14)29-33(30,31)12-5-2-1-3-6-12/h4,7-12,29H,1-3,5-6H2,(H2,25,27,28). The van der Waals surface area contributed by atoms with Crippen LogP contribution in [0.25, 0.3) is 11.3 Å².